The van der Waals surface area contributed by atoms with Crippen molar-refractivity contribution in [2.24, 2.45) is 0 Å². The molecule has 0 radical (unpaired) electrons. The van der Waals surface area contributed by atoms with Crippen molar-refractivity contribution in [3.8, 4) is 0 Å². The summed E-state index contributed by atoms with van der Waals surface area (Å²) in [5, 5.41) is 0. The highest BCUT2D eigenvalue weighted by Gasteiger charge is 2.36. The standard InChI is InChI=1S/C5H12SSi/c1-7(2,3)5-4-6-5/h5H,4H2,1-3H3/t5-/m0/s1. The predicted molar refractivity (Wildman–Crippen MR) is 39.6 cm³/mol. The van der Waals surface area contributed by atoms with Gasteiger partial charge in [0.25, 0.3) is 0 Å². The molecule has 0 aliphatic carbocycles. The summed E-state index contributed by atoms with van der Waals surface area (Å²) in [5.41, 5.74) is 0. The maximum Gasteiger partial charge on any atom is 0.0597 e. The zero-order chi connectivity index (χ0) is 5.49. The van der Waals surface area contributed by atoms with Crippen molar-refractivity contribution in [2.45, 2.75) is 24.5 Å². The van der Waals surface area contributed by atoms with E-state index in [2.05, 4.69) is 31.4 Å². The Hall–Kier alpha value is 0.567. The third-order valence-corrected chi connectivity index (χ3v) is 7.02. The Morgan fingerprint density at radius 1 is 1.43 bits per heavy atom. The summed E-state index contributed by atoms with van der Waals surface area (Å²) < 4.78 is 0. The Morgan fingerprint density at radius 3 is 1.86 bits per heavy atom. The summed E-state index contributed by atoms with van der Waals surface area (Å²) in [6, 6.07) is 0. The topological polar surface area (TPSA) is 0 Å². The van der Waals surface area contributed by atoms with Gasteiger partial charge in [0, 0.05) is 10.6 Å². The first-order valence-corrected chi connectivity index (χ1v) is 7.35. The molecule has 0 N–H and O–H groups in total. The third-order valence-electron chi connectivity index (χ3n) is 1.30. The van der Waals surface area contributed by atoms with Crippen molar-refractivity contribution in [1.82, 2.24) is 0 Å². The van der Waals surface area contributed by atoms with Gasteiger partial charge >= 0.3 is 0 Å². The number of hydrogen-bond acceptors (Lipinski definition) is 1. The van der Waals surface area contributed by atoms with E-state index in [1.54, 1.807) is 0 Å². The Labute approximate surface area is 50.7 Å². The van der Waals surface area contributed by atoms with Gasteiger partial charge in [-0.3, -0.25) is 0 Å². The van der Waals surface area contributed by atoms with Crippen LogP contribution in [0.5, 0.6) is 0 Å². The first-order valence-electron chi connectivity index (χ1n) is 2.72. The van der Waals surface area contributed by atoms with E-state index in [4.69, 9.17) is 0 Å². The summed E-state index contributed by atoms with van der Waals surface area (Å²) in [7, 11) is -0.660. The van der Waals surface area contributed by atoms with Crippen LogP contribution < -0.4 is 0 Å². The van der Waals surface area contributed by atoms with Gasteiger partial charge in [-0.15, -0.1) is 0 Å². The normalized spacial score (nSPS) is 30.4. The highest BCUT2D eigenvalue weighted by Crippen LogP contribution is 2.37. The van der Waals surface area contributed by atoms with Gasteiger partial charge < -0.3 is 0 Å². The van der Waals surface area contributed by atoms with E-state index in [-0.39, 0.29) is 0 Å². The fourth-order valence-corrected chi connectivity index (χ4v) is 4.93. The molecule has 0 unspecified atom stereocenters. The summed E-state index contributed by atoms with van der Waals surface area (Å²) in [6.45, 7) is 7.33. The molecular formula is C5H12SSi. The van der Waals surface area contributed by atoms with Crippen LogP contribution in [-0.4, -0.2) is 18.7 Å². The molecule has 0 aromatic heterocycles. The quantitative estimate of drug-likeness (QED) is 0.388. The van der Waals surface area contributed by atoms with Crippen LogP contribution in [0.4, 0.5) is 0 Å². The van der Waals surface area contributed by atoms with Crippen molar-refractivity contribution < 1.29 is 0 Å². The molecule has 1 aliphatic heterocycles. The van der Waals surface area contributed by atoms with Crippen molar-refractivity contribution in [2.75, 3.05) is 5.75 Å². The Morgan fingerprint density at radius 2 is 1.86 bits per heavy atom. The lowest BCUT2D eigenvalue weighted by Crippen LogP contribution is -2.27. The van der Waals surface area contributed by atoms with Gasteiger partial charge in [0.15, 0.2) is 0 Å². The fourth-order valence-electron chi connectivity index (χ4n) is 0.548. The highest BCUT2D eigenvalue weighted by molar-refractivity contribution is 8.09. The molecule has 1 aliphatic rings. The molecule has 1 heterocycles. The maximum atomic E-state index is 2.44. The average Bonchev–Trinajstić information content (AvgIpc) is 1.99. The van der Waals surface area contributed by atoms with Gasteiger partial charge in [-0.05, 0) is 0 Å². The smallest absolute Gasteiger partial charge is 0.0597 e. The SMILES string of the molecule is C[Si](C)(C)[C@H]1CS1. The monoisotopic (exact) mass is 132 g/mol. The van der Waals surface area contributed by atoms with Crippen molar-refractivity contribution in [1.29, 1.82) is 0 Å². The molecule has 0 aromatic rings. The van der Waals surface area contributed by atoms with E-state index in [9.17, 15) is 0 Å². The van der Waals surface area contributed by atoms with E-state index in [1.165, 1.54) is 5.75 Å². The Kier molecular flexibility index (Phi) is 1.24. The van der Waals surface area contributed by atoms with Crippen molar-refractivity contribution in [3.63, 3.8) is 0 Å². The molecule has 7 heavy (non-hydrogen) atoms. The van der Waals surface area contributed by atoms with Crippen molar-refractivity contribution >= 4 is 19.8 Å². The van der Waals surface area contributed by atoms with Gasteiger partial charge in [0.05, 0.1) is 8.07 Å². The van der Waals surface area contributed by atoms with Crippen LogP contribution in [0.25, 0.3) is 0 Å². The number of hydrogen-bond donors (Lipinski definition) is 0. The lowest BCUT2D eigenvalue weighted by atomic mass is 11.0. The lowest BCUT2D eigenvalue weighted by molar-refractivity contribution is 1.44. The molecule has 1 atom stereocenters. The van der Waals surface area contributed by atoms with E-state index < -0.39 is 8.07 Å². The summed E-state index contributed by atoms with van der Waals surface area (Å²) in [6.07, 6.45) is 0. The van der Waals surface area contributed by atoms with Gasteiger partial charge in [-0.25, -0.2) is 0 Å². The zero-order valence-corrected chi connectivity index (χ0v) is 7.01. The fraction of sp³-hybridized carbons (Fsp3) is 1.00. The molecular weight excluding hydrogens is 120 g/mol. The van der Waals surface area contributed by atoms with Crippen LogP contribution in [0.1, 0.15) is 0 Å². The average molecular weight is 132 g/mol. The lowest BCUT2D eigenvalue weighted by Gasteiger charge is -2.10. The molecule has 0 aromatic carbocycles. The molecule has 1 saturated heterocycles. The van der Waals surface area contributed by atoms with Crippen LogP contribution in [0.3, 0.4) is 0 Å². The minimum atomic E-state index is -0.660. The predicted octanol–water partition coefficient (Wildman–Crippen LogP) is 1.98. The molecule has 0 saturated carbocycles. The van der Waals surface area contributed by atoms with E-state index in [0.29, 0.717) is 0 Å². The number of rotatable bonds is 1. The van der Waals surface area contributed by atoms with E-state index >= 15 is 0 Å². The van der Waals surface area contributed by atoms with Crippen LogP contribution in [0, 0.1) is 0 Å². The maximum absolute atomic E-state index is 2.44. The third kappa shape index (κ3) is 1.50. The largest absolute Gasteiger partial charge is 0.160 e. The van der Waals surface area contributed by atoms with Gasteiger partial charge in [0.2, 0.25) is 0 Å². The second-order valence-corrected chi connectivity index (χ2v) is 10.3. The van der Waals surface area contributed by atoms with Crippen LogP contribution >= 0.6 is 11.8 Å². The molecule has 2 heteroatoms. The molecule has 0 spiro atoms. The van der Waals surface area contributed by atoms with Gasteiger partial charge in [-0.1, -0.05) is 19.6 Å². The molecule has 42 valence electrons. The highest BCUT2D eigenvalue weighted by atomic mass is 32.2. The first kappa shape index (κ1) is 5.70. The summed E-state index contributed by atoms with van der Waals surface area (Å²) in [4.78, 5) is 1.10. The van der Waals surface area contributed by atoms with Crippen molar-refractivity contribution in [3.05, 3.63) is 0 Å². The molecule has 0 amide bonds. The first-order chi connectivity index (χ1) is 3.11. The van der Waals surface area contributed by atoms with E-state index in [1.807, 2.05) is 0 Å². The van der Waals surface area contributed by atoms with Crippen LogP contribution in [0.2, 0.25) is 19.6 Å². The van der Waals surface area contributed by atoms with Crippen LogP contribution in [0.15, 0.2) is 0 Å². The molecule has 1 rings (SSSR count). The minimum Gasteiger partial charge on any atom is -0.160 e. The zero-order valence-electron chi connectivity index (χ0n) is 5.19. The molecule has 0 bridgehead atoms. The Balaban J connectivity index is 2.36. The second-order valence-electron chi connectivity index (χ2n) is 3.19. The minimum absolute atomic E-state index is 0.660. The second kappa shape index (κ2) is 1.52. The molecule has 0 nitrogen and oxygen atoms in total. The number of thioether (sulfide) groups is 1. The van der Waals surface area contributed by atoms with Gasteiger partial charge in [0.1, 0.15) is 0 Å². The van der Waals surface area contributed by atoms with E-state index in [0.717, 1.165) is 4.87 Å². The van der Waals surface area contributed by atoms with Crippen LogP contribution in [-0.2, 0) is 0 Å². The molecule has 1 fully saturated rings. The summed E-state index contributed by atoms with van der Waals surface area (Å²) in [5.74, 6) is 1.45. The van der Waals surface area contributed by atoms with Gasteiger partial charge in [-0.2, -0.15) is 11.8 Å². The summed E-state index contributed by atoms with van der Waals surface area (Å²) >= 11 is 2.14. The Bertz CT molecular complexity index is 70.6.